The van der Waals surface area contributed by atoms with Gasteiger partial charge in [0.15, 0.2) is 0 Å². The molecule has 4 heterocycles. The third-order valence-electron chi connectivity index (χ3n) is 9.17. The average Bonchev–Trinajstić information content (AvgIpc) is 3.54. The zero-order valence-electron chi connectivity index (χ0n) is 26.6. The van der Waals surface area contributed by atoms with Gasteiger partial charge in [0, 0.05) is 60.3 Å². The molecule has 250 valence electrons. The molecular formula is C36H37F3N6O3. The van der Waals surface area contributed by atoms with Gasteiger partial charge in [-0.15, -0.1) is 13.2 Å². The van der Waals surface area contributed by atoms with Gasteiger partial charge in [0.05, 0.1) is 12.3 Å². The van der Waals surface area contributed by atoms with Crippen LogP contribution < -0.4 is 20.1 Å². The van der Waals surface area contributed by atoms with Gasteiger partial charge in [0.1, 0.15) is 5.75 Å². The summed E-state index contributed by atoms with van der Waals surface area (Å²) in [7, 11) is 0. The van der Waals surface area contributed by atoms with Gasteiger partial charge < -0.3 is 20.1 Å². The molecule has 3 aliphatic heterocycles. The molecule has 2 fully saturated rings. The molecule has 4 aromatic rings. The van der Waals surface area contributed by atoms with E-state index < -0.39 is 6.36 Å². The minimum atomic E-state index is -4.77. The molecule has 9 nitrogen and oxygen atoms in total. The van der Waals surface area contributed by atoms with Crippen LogP contribution >= 0.6 is 0 Å². The number of fused-ring (bicyclic) bond motifs is 2. The van der Waals surface area contributed by atoms with Crippen molar-refractivity contribution in [3.63, 3.8) is 0 Å². The largest absolute Gasteiger partial charge is 0.573 e. The minimum absolute atomic E-state index is 0.208. The lowest BCUT2D eigenvalue weighted by atomic mass is 10.0. The fourth-order valence-corrected chi connectivity index (χ4v) is 6.72. The van der Waals surface area contributed by atoms with Crippen LogP contribution in [-0.4, -0.2) is 70.9 Å². The fourth-order valence-electron chi connectivity index (χ4n) is 6.72. The Labute approximate surface area is 277 Å². The van der Waals surface area contributed by atoms with Crippen molar-refractivity contribution in [2.45, 2.75) is 51.6 Å². The maximum atomic E-state index is 13.3. The van der Waals surface area contributed by atoms with Crippen LogP contribution in [0.2, 0.25) is 0 Å². The van der Waals surface area contributed by atoms with Crippen molar-refractivity contribution in [1.82, 2.24) is 19.8 Å². The number of halogens is 3. The van der Waals surface area contributed by atoms with Gasteiger partial charge in [-0.1, -0.05) is 12.1 Å². The third kappa shape index (κ3) is 7.39. The van der Waals surface area contributed by atoms with Gasteiger partial charge in [-0.05, 0) is 105 Å². The SMILES string of the molecule is Cc1ccc(CN2CCN3CCCC3C2)cc1NC(=O)c1ccc(Nc2nc3c(c(-c4ccc(OC(F)(F)F)cc4)n2)CCCO3)cc1. The summed E-state index contributed by atoms with van der Waals surface area (Å²) in [5.41, 5.74) is 6.10. The molecule has 1 amide bonds. The lowest BCUT2D eigenvalue weighted by Gasteiger charge is -2.37. The van der Waals surface area contributed by atoms with Crippen molar-refractivity contribution in [3.05, 3.63) is 89.0 Å². The first-order valence-corrected chi connectivity index (χ1v) is 16.3. The number of hydrogen-bond donors (Lipinski definition) is 2. The highest BCUT2D eigenvalue weighted by atomic mass is 19.4. The number of aromatic nitrogens is 2. The van der Waals surface area contributed by atoms with E-state index in [1.807, 2.05) is 6.92 Å². The fraction of sp³-hybridized carbons (Fsp3) is 0.361. The normalized spacial score (nSPS) is 18.0. The summed E-state index contributed by atoms with van der Waals surface area (Å²) in [5, 5.41) is 6.26. The van der Waals surface area contributed by atoms with E-state index >= 15 is 0 Å². The molecule has 0 aliphatic carbocycles. The second-order valence-electron chi connectivity index (χ2n) is 12.6. The second-order valence-corrected chi connectivity index (χ2v) is 12.6. The Bertz CT molecular complexity index is 1780. The molecule has 48 heavy (non-hydrogen) atoms. The third-order valence-corrected chi connectivity index (χ3v) is 9.17. The van der Waals surface area contributed by atoms with Gasteiger partial charge in [0.2, 0.25) is 11.8 Å². The number of nitrogens with one attached hydrogen (secondary N) is 2. The Hall–Kier alpha value is -4.68. The van der Waals surface area contributed by atoms with Gasteiger partial charge in [0.25, 0.3) is 5.91 Å². The Morgan fingerprint density at radius 3 is 2.60 bits per heavy atom. The highest BCUT2D eigenvalue weighted by Gasteiger charge is 2.32. The number of anilines is 3. The number of carbonyl (C=O) groups is 1. The first-order valence-electron chi connectivity index (χ1n) is 16.3. The molecule has 1 aromatic heterocycles. The summed E-state index contributed by atoms with van der Waals surface area (Å²) in [6, 6.07) is 19.5. The molecule has 0 bridgehead atoms. The monoisotopic (exact) mass is 658 g/mol. The number of nitrogens with zero attached hydrogens (tertiary/aromatic N) is 4. The summed E-state index contributed by atoms with van der Waals surface area (Å²) < 4.78 is 47.8. The van der Waals surface area contributed by atoms with Crippen molar-refractivity contribution in [2.75, 3.05) is 43.4 Å². The second kappa shape index (κ2) is 13.4. The van der Waals surface area contributed by atoms with Crippen LogP contribution in [0, 0.1) is 6.92 Å². The Balaban J connectivity index is 1.03. The van der Waals surface area contributed by atoms with E-state index in [4.69, 9.17) is 9.72 Å². The van der Waals surface area contributed by atoms with E-state index in [0.29, 0.717) is 47.5 Å². The van der Waals surface area contributed by atoms with E-state index in [1.165, 1.54) is 49.2 Å². The van der Waals surface area contributed by atoms with Crippen molar-refractivity contribution in [2.24, 2.45) is 0 Å². The molecule has 1 unspecified atom stereocenters. The van der Waals surface area contributed by atoms with Gasteiger partial charge in [-0.3, -0.25) is 14.6 Å². The zero-order chi connectivity index (χ0) is 33.3. The van der Waals surface area contributed by atoms with E-state index in [-0.39, 0.29) is 17.6 Å². The van der Waals surface area contributed by atoms with Crippen molar-refractivity contribution in [1.29, 1.82) is 0 Å². The van der Waals surface area contributed by atoms with Crippen LogP contribution in [0.5, 0.6) is 11.6 Å². The number of alkyl halides is 3. The van der Waals surface area contributed by atoms with Gasteiger partial charge in [-0.25, -0.2) is 4.98 Å². The molecule has 3 aliphatic rings. The zero-order valence-corrected chi connectivity index (χ0v) is 26.6. The van der Waals surface area contributed by atoms with Crippen molar-refractivity contribution >= 4 is 23.2 Å². The molecule has 3 aromatic carbocycles. The summed E-state index contributed by atoms with van der Waals surface area (Å²) in [6.45, 7) is 7.86. The molecule has 0 spiro atoms. The number of carbonyl (C=O) groups excluding carboxylic acids is 1. The molecule has 7 rings (SSSR count). The predicted molar refractivity (Wildman–Crippen MR) is 177 cm³/mol. The summed E-state index contributed by atoms with van der Waals surface area (Å²) in [4.78, 5) is 27.6. The first-order chi connectivity index (χ1) is 23.2. The van der Waals surface area contributed by atoms with Crippen LogP contribution in [-0.2, 0) is 13.0 Å². The van der Waals surface area contributed by atoms with E-state index in [2.05, 4.69) is 48.4 Å². The van der Waals surface area contributed by atoms with Crippen LogP contribution in [0.3, 0.4) is 0 Å². The summed E-state index contributed by atoms with van der Waals surface area (Å²) in [6.07, 6.45) is -0.756. The van der Waals surface area contributed by atoms with E-state index in [0.717, 1.165) is 49.4 Å². The van der Waals surface area contributed by atoms with Crippen LogP contribution in [0.25, 0.3) is 11.3 Å². The van der Waals surface area contributed by atoms with Crippen molar-refractivity contribution in [3.8, 4) is 22.9 Å². The highest BCUT2D eigenvalue weighted by Crippen LogP contribution is 2.35. The molecule has 2 saturated heterocycles. The molecular weight excluding hydrogens is 621 g/mol. The average molecular weight is 659 g/mol. The van der Waals surface area contributed by atoms with Gasteiger partial charge in [-0.2, -0.15) is 4.98 Å². The van der Waals surface area contributed by atoms with Crippen LogP contribution in [0.1, 0.15) is 46.3 Å². The lowest BCUT2D eigenvalue weighted by Crippen LogP contribution is -2.49. The number of benzene rings is 3. The van der Waals surface area contributed by atoms with E-state index in [9.17, 15) is 18.0 Å². The number of amides is 1. The topological polar surface area (TPSA) is 91.9 Å². The van der Waals surface area contributed by atoms with Gasteiger partial charge >= 0.3 is 6.36 Å². The summed E-state index contributed by atoms with van der Waals surface area (Å²) >= 11 is 0. The predicted octanol–water partition coefficient (Wildman–Crippen LogP) is 6.95. The minimum Gasteiger partial charge on any atom is -0.477 e. The summed E-state index contributed by atoms with van der Waals surface area (Å²) in [5.74, 6) is 0.174. The molecule has 2 N–H and O–H groups in total. The Morgan fingerprint density at radius 1 is 1.00 bits per heavy atom. The maximum Gasteiger partial charge on any atom is 0.573 e. The Kier molecular flexibility index (Phi) is 8.93. The number of hydrogen-bond acceptors (Lipinski definition) is 8. The number of rotatable bonds is 8. The number of aryl methyl sites for hydroxylation is 1. The quantitative estimate of drug-likeness (QED) is 0.210. The number of piperazine rings is 1. The lowest BCUT2D eigenvalue weighted by molar-refractivity contribution is -0.274. The molecule has 1 atom stereocenters. The van der Waals surface area contributed by atoms with Crippen LogP contribution in [0.15, 0.2) is 66.7 Å². The molecule has 0 saturated carbocycles. The van der Waals surface area contributed by atoms with Crippen molar-refractivity contribution < 1.29 is 27.4 Å². The van der Waals surface area contributed by atoms with E-state index in [1.54, 1.807) is 24.3 Å². The standard InChI is InChI=1S/C36H37F3N6O3/c1-23-6-7-24(21-44-17-18-45-16-2-4-28(45)22-44)20-31(23)41-33(46)26-8-12-27(13-9-26)40-35-42-32(30-5-3-19-47-34(30)43-35)25-10-14-29(15-11-25)48-36(37,38)39/h6-15,20,28H,2-5,16-19,21-22H2,1H3,(H,41,46)(H,40,42,43). The number of ether oxygens (including phenoxy) is 2. The Morgan fingerprint density at radius 2 is 1.81 bits per heavy atom. The van der Waals surface area contributed by atoms with Crippen LogP contribution in [0.4, 0.5) is 30.5 Å². The first kappa shape index (κ1) is 31.9. The molecule has 0 radical (unpaired) electrons. The highest BCUT2D eigenvalue weighted by molar-refractivity contribution is 6.04. The smallest absolute Gasteiger partial charge is 0.477 e. The molecule has 12 heteroatoms. The maximum absolute atomic E-state index is 13.3.